The molecule has 0 atom stereocenters. The first-order valence-electron chi connectivity index (χ1n) is 19.4. The molecule has 5 aromatic rings. The van der Waals surface area contributed by atoms with Crippen LogP contribution >= 0.6 is 0 Å². The van der Waals surface area contributed by atoms with Gasteiger partial charge in [-0.15, -0.1) is 22.0 Å². The topological polar surface area (TPSA) is 6.48 Å². The summed E-state index contributed by atoms with van der Waals surface area (Å²) in [6.07, 6.45) is -5.62. The monoisotopic (exact) mass is 899 g/mol. The number of halogens is 15. The first-order chi connectivity index (χ1) is 29.4. The molecule has 5 aromatic carbocycles. The van der Waals surface area contributed by atoms with E-state index in [4.69, 9.17) is 0 Å². The van der Waals surface area contributed by atoms with E-state index in [0.717, 1.165) is 4.90 Å². The number of hydrogen-bond acceptors (Lipinski definition) is 2. The lowest BCUT2D eigenvalue weighted by molar-refractivity contribution is 0.379. The zero-order valence-corrected chi connectivity index (χ0v) is 34.5. The van der Waals surface area contributed by atoms with Crippen LogP contribution in [0.5, 0.6) is 0 Å². The van der Waals surface area contributed by atoms with Crippen LogP contribution in [0.2, 0.25) is 0 Å². The molecule has 63 heavy (non-hydrogen) atoms. The Morgan fingerprint density at radius 1 is 0.365 bits per heavy atom. The van der Waals surface area contributed by atoms with Crippen LogP contribution in [-0.4, -0.2) is 6.15 Å². The summed E-state index contributed by atoms with van der Waals surface area (Å²) >= 11 is 0. The molecule has 0 fully saturated rings. The Labute approximate surface area is 352 Å². The highest BCUT2D eigenvalue weighted by atomic mass is 19.2. The molecule has 0 amide bonds. The largest absolute Gasteiger partial charge is 0.349 e. The highest BCUT2D eigenvalue weighted by Gasteiger charge is 2.53. The minimum Gasteiger partial charge on any atom is -0.349 e. The molecule has 0 saturated carbocycles. The average Bonchev–Trinajstić information content (AvgIpc) is 3.69. The van der Waals surface area contributed by atoms with Crippen molar-refractivity contribution in [2.45, 2.75) is 79.1 Å². The Kier molecular flexibility index (Phi) is 12.6. The van der Waals surface area contributed by atoms with Gasteiger partial charge in [0.2, 0.25) is 6.67 Å². The Morgan fingerprint density at radius 2 is 0.603 bits per heavy atom. The molecule has 1 aliphatic rings. The number of anilines is 2. The molecule has 2 nitrogen and oxygen atoms in total. The van der Waals surface area contributed by atoms with E-state index in [1.165, 1.54) is 18.2 Å². The molecule has 6 rings (SSSR count). The van der Waals surface area contributed by atoms with Gasteiger partial charge in [0.15, 0.2) is 52.4 Å². The normalized spacial score (nSPS) is 13.5. The second-order valence-electron chi connectivity index (χ2n) is 16.4. The summed E-state index contributed by atoms with van der Waals surface area (Å²) in [6, 6.07) is 9.12. The van der Waals surface area contributed by atoms with Gasteiger partial charge in [0.1, 0.15) is 41.0 Å². The van der Waals surface area contributed by atoms with Crippen LogP contribution in [0.4, 0.5) is 77.2 Å². The van der Waals surface area contributed by atoms with Gasteiger partial charge in [-0.1, -0.05) is 91.8 Å². The van der Waals surface area contributed by atoms with Crippen molar-refractivity contribution in [2.75, 3.05) is 9.80 Å². The fraction of sp³-hybridized carbons (Fsp3) is 0.267. The molecule has 1 aliphatic heterocycles. The van der Waals surface area contributed by atoms with E-state index < -0.39 is 139 Å². The molecule has 0 aliphatic carbocycles. The Balaban J connectivity index is 2.09. The van der Waals surface area contributed by atoms with Gasteiger partial charge in [0.25, 0.3) is 0 Å². The Hall–Kier alpha value is -5.55. The molecule has 334 valence electrons. The van der Waals surface area contributed by atoms with Gasteiger partial charge in [-0.05, 0) is 52.1 Å². The van der Waals surface area contributed by atoms with Gasteiger partial charge in [-0.2, -0.15) is 0 Å². The molecule has 2 radical (unpaired) electrons. The van der Waals surface area contributed by atoms with Crippen molar-refractivity contribution in [1.82, 2.24) is 0 Å². The molecule has 0 saturated heterocycles. The number of rotatable bonds is 10. The second-order valence-corrected chi connectivity index (χ2v) is 16.4. The number of nitrogens with zero attached hydrogens (tertiary/aromatic N) is 2. The molecule has 0 spiro atoms. The summed E-state index contributed by atoms with van der Waals surface area (Å²) in [5, 5.41) is 0. The van der Waals surface area contributed by atoms with Gasteiger partial charge in [-0.3, -0.25) is 0 Å². The summed E-state index contributed by atoms with van der Waals surface area (Å²) < 4.78 is 241. The number of para-hydroxylation sites is 2. The van der Waals surface area contributed by atoms with Crippen molar-refractivity contribution in [3.05, 3.63) is 164 Å². The van der Waals surface area contributed by atoms with Gasteiger partial charge >= 0.3 is 0 Å². The van der Waals surface area contributed by atoms with Crippen LogP contribution in [0, 0.1) is 93.9 Å². The Bertz CT molecular complexity index is 2400. The van der Waals surface area contributed by atoms with E-state index in [1.54, 1.807) is 73.6 Å². The van der Waals surface area contributed by atoms with E-state index in [1.807, 2.05) is 0 Å². The quantitative estimate of drug-likeness (QED) is 0.0596. The van der Waals surface area contributed by atoms with Gasteiger partial charge in [0.05, 0.1) is 0 Å². The molecule has 0 unspecified atom stereocenters. The SMILES string of the molecule is CC(C)c1cccc(C(C)C)c1N1[C]N(c2c(C(C)C)cccc2C(C)C)C([B-](c2c(F)c(F)c(F)c(F)c2F)(c2c(F)c(F)c(F)c(F)c2F)c2c(F)c(F)c(F)c(F)c2F)=C1. The van der Waals surface area contributed by atoms with Crippen LogP contribution < -0.4 is 26.2 Å². The lowest BCUT2D eigenvalue weighted by Gasteiger charge is -2.48. The maximum absolute atomic E-state index is 16.9. The molecule has 0 bridgehead atoms. The first kappa shape index (κ1) is 46.9. The summed E-state index contributed by atoms with van der Waals surface area (Å²) in [4.78, 5) is 1.53. The van der Waals surface area contributed by atoms with E-state index in [-0.39, 0.29) is 22.5 Å². The molecular weight excluding hydrogens is 864 g/mol. The van der Waals surface area contributed by atoms with Crippen molar-refractivity contribution in [2.24, 2.45) is 0 Å². The zero-order valence-electron chi connectivity index (χ0n) is 34.5. The predicted molar refractivity (Wildman–Crippen MR) is 209 cm³/mol. The van der Waals surface area contributed by atoms with E-state index in [0.29, 0.717) is 22.2 Å². The van der Waals surface area contributed by atoms with Crippen molar-refractivity contribution in [3.63, 3.8) is 0 Å². The molecule has 18 heteroatoms. The van der Waals surface area contributed by atoms with Gasteiger partial charge in [0, 0.05) is 11.4 Å². The van der Waals surface area contributed by atoms with Crippen molar-refractivity contribution < 1.29 is 65.9 Å². The highest BCUT2D eigenvalue weighted by Crippen LogP contribution is 2.47. The third-order valence-electron chi connectivity index (χ3n) is 11.4. The first-order valence-corrected chi connectivity index (χ1v) is 19.4. The van der Waals surface area contributed by atoms with Crippen LogP contribution in [0.25, 0.3) is 0 Å². The number of hydrogen-bond donors (Lipinski definition) is 0. The van der Waals surface area contributed by atoms with Crippen LogP contribution in [-0.2, 0) is 0 Å². The fourth-order valence-electron chi connectivity index (χ4n) is 8.43. The minimum atomic E-state index is -6.18. The highest BCUT2D eigenvalue weighted by molar-refractivity contribution is 7.16. The van der Waals surface area contributed by atoms with Gasteiger partial charge in [-0.25, -0.2) is 65.9 Å². The molecule has 0 N–H and O–H groups in total. The van der Waals surface area contributed by atoms with Crippen molar-refractivity contribution in [1.29, 1.82) is 0 Å². The summed E-state index contributed by atoms with van der Waals surface area (Å²) in [6.45, 7) is 15.9. The summed E-state index contributed by atoms with van der Waals surface area (Å²) in [5.41, 5.74) is -8.73. The molecule has 0 aromatic heterocycles. The van der Waals surface area contributed by atoms with Crippen molar-refractivity contribution >= 4 is 33.9 Å². The fourth-order valence-corrected chi connectivity index (χ4v) is 8.43. The van der Waals surface area contributed by atoms with E-state index in [9.17, 15) is 13.2 Å². The number of benzene rings is 5. The van der Waals surface area contributed by atoms with Crippen LogP contribution in [0.15, 0.2) is 48.2 Å². The third-order valence-corrected chi connectivity index (χ3v) is 11.4. The smallest absolute Gasteiger partial charge is 0.214 e. The predicted octanol–water partition coefficient (Wildman–Crippen LogP) is 12.1. The third kappa shape index (κ3) is 7.02. The average molecular weight is 900 g/mol. The van der Waals surface area contributed by atoms with Gasteiger partial charge < -0.3 is 9.80 Å². The lowest BCUT2D eigenvalue weighted by Crippen LogP contribution is -2.76. The lowest BCUT2D eigenvalue weighted by atomic mass is 9.13. The molecular formula is C45H35BF15N2-. The molecule has 1 heterocycles. The standard InChI is InChI=1S/C45H35BF15N2/c1-17(2)21-11-9-12-22(18(3)4)44(21)62-15-25(63(16-62)45-23(19(5)6)13-10-14-24(45)20(7)8)46(26-29(47)35(53)41(59)36(54)30(26)48,27-31(49)37(55)42(60)38(56)32(27)50)28-33(51)39(57)43(61)40(58)34(28)52/h9-15,17-20H,1-8H3/q-1. The Morgan fingerprint density at radius 3 is 0.857 bits per heavy atom. The summed E-state index contributed by atoms with van der Waals surface area (Å²) in [5.74, 6) is -48.3. The summed E-state index contributed by atoms with van der Waals surface area (Å²) in [7, 11) is 0. The maximum atomic E-state index is 16.9. The van der Waals surface area contributed by atoms with Crippen molar-refractivity contribution in [3.8, 4) is 0 Å². The van der Waals surface area contributed by atoms with Crippen LogP contribution in [0.3, 0.4) is 0 Å². The van der Waals surface area contributed by atoms with E-state index in [2.05, 4.69) is 6.67 Å². The maximum Gasteiger partial charge on any atom is 0.214 e. The zero-order chi connectivity index (χ0) is 47.1. The second kappa shape index (κ2) is 16.9. The minimum absolute atomic E-state index is 0.0764. The van der Waals surface area contributed by atoms with E-state index >= 15 is 52.7 Å². The van der Waals surface area contributed by atoms with Crippen LogP contribution in [0.1, 0.15) is 101 Å².